The molecule has 2 aromatic heterocycles. The summed E-state index contributed by atoms with van der Waals surface area (Å²) in [5, 5.41) is 16.5. The van der Waals surface area contributed by atoms with Gasteiger partial charge in [-0.25, -0.2) is 9.59 Å². The summed E-state index contributed by atoms with van der Waals surface area (Å²) >= 11 is 12.7. The molecule has 2 aliphatic carbocycles. The first-order chi connectivity index (χ1) is 37.2. The number of methoxy groups -OCH3 is 3. The summed E-state index contributed by atoms with van der Waals surface area (Å²) in [6, 6.07) is 35.4. The van der Waals surface area contributed by atoms with Crippen LogP contribution in [0.3, 0.4) is 0 Å². The van der Waals surface area contributed by atoms with Crippen LogP contribution in [0.25, 0.3) is 22.3 Å². The van der Waals surface area contributed by atoms with Gasteiger partial charge in [0.1, 0.15) is 12.1 Å². The van der Waals surface area contributed by atoms with Crippen molar-refractivity contribution in [3.63, 3.8) is 0 Å². The van der Waals surface area contributed by atoms with E-state index in [0.29, 0.717) is 65.9 Å². The van der Waals surface area contributed by atoms with Crippen LogP contribution in [0, 0.1) is 10.8 Å². The molecule has 2 amide bonds. The maximum Gasteiger partial charge on any atom is 0.328 e. The van der Waals surface area contributed by atoms with Crippen LogP contribution in [0.1, 0.15) is 86.5 Å². The van der Waals surface area contributed by atoms with Crippen molar-refractivity contribution in [2.24, 2.45) is 10.8 Å². The van der Waals surface area contributed by atoms with Crippen LogP contribution in [0.4, 0.5) is 0 Å². The SMILES string of the molecule is COCCC1(C(=O)NC(Cc2ccc(-c3cc(Cl)cn(Cc4ccccc4)c3=O)cc2)C(=O)O)CCCC1.COCCC1(C(=O)NC(Cc2ccc(-c3cc(Cl)cn(Cc4ccccc4)c3=O)cc2)C(=O)OC)CCCC1. The number of hydrogen-bond acceptors (Lipinski definition) is 9. The molecule has 77 heavy (non-hydrogen) atoms. The molecular formula is C61H68Cl2N4O10. The van der Waals surface area contributed by atoms with Gasteiger partial charge in [0.05, 0.1) is 41.1 Å². The third-order valence-corrected chi connectivity index (χ3v) is 15.4. The number of aliphatic carboxylic acids is 1. The third-order valence-electron chi connectivity index (χ3n) is 15.0. The lowest BCUT2D eigenvalue weighted by Crippen LogP contribution is -2.49. The molecule has 2 heterocycles. The number of benzene rings is 4. The molecule has 2 atom stereocenters. The third kappa shape index (κ3) is 15.2. The van der Waals surface area contributed by atoms with E-state index in [0.717, 1.165) is 79.2 Å². The van der Waals surface area contributed by atoms with Crippen LogP contribution < -0.4 is 21.8 Å². The first kappa shape index (κ1) is 57.9. The largest absolute Gasteiger partial charge is 0.480 e. The molecule has 2 fully saturated rings. The molecule has 4 aromatic carbocycles. The van der Waals surface area contributed by atoms with Crippen LogP contribution >= 0.6 is 23.2 Å². The number of nitrogens with one attached hydrogen (secondary N) is 2. The molecule has 3 N–H and O–H groups in total. The van der Waals surface area contributed by atoms with Gasteiger partial charge in [-0.3, -0.25) is 19.2 Å². The van der Waals surface area contributed by atoms with Crippen LogP contribution in [0.15, 0.2) is 143 Å². The zero-order valence-electron chi connectivity index (χ0n) is 43.9. The molecule has 6 aromatic rings. The predicted octanol–water partition coefficient (Wildman–Crippen LogP) is 9.94. The van der Waals surface area contributed by atoms with E-state index in [1.807, 2.05) is 84.9 Å². The van der Waals surface area contributed by atoms with Crippen molar-refractivity contribution >= 4 is 47.0 Å². The van der Waals surface area contributed by atoms with Gasteiger partial charge < -0.3 is 39.1 Å². The lowest BCUT2D eigenvalue weighted by atomic mass is 9.81. The molecule has 2 aliphatic rings. The van der Waals surface area contributed by atoms with Crippen LogP contribution in [-0.2, 0) is 59.3 Å². The minimum absolute atomic E-state index is 0.123. The number of halogens is 2. The van der Waals surface area contributed by atoms with Gasteiger partial charge in [0, 0.05) is 63.8 Å². The average molecular weight is 1090 g/mol. The normalized spacial score (nSPS) is 15.1. The molecular weight excluding hydrogens is 1020 g/mol. The topological polar surface area (TPSA) is 184 Å². The second kappa shape index (κ2) is 27.5. The highest BCUT2D eigenvalue weighted by Crippen LogP contribution is 2.42. The van der Waals surface area contributed by atoms with Crippen LogP contribution in [0.2, 0.25) is 10.0 Å². The van der Waals surface area contributed by atoms with Gasteiger partial charge in [0.25, 0.3) is 11.1 Å². The summed E-state index contributed by atoms with van der Waals surface area (Å²) in [7, 11) is 4.55. The highest BCUT2D eigenvalue weighted by Gasteiger charge is 2.43. The van der Waals surface area contributed by atoms with Crippen molar-refractivity contribution < 1.29 is 38.5 Å². The molecule has 0 radical (unpaired) electrons. The Morgan fingerprint density at radius 1 is 0.558 bits per heavy atom. The first-order valence-corrected chi connectivity index (χ1v) is 26.9. The van der Waals surface area contributed by atoms with Gasteiger partial charge in [-0.05, 0) is 84.0 Å². The number of rotatable bonds is 22. The van der Waals surface area contributed by atoms with E-state index in [-0.39, 0.29) is 35.8 Å². The summed E-state index contributed by atoms with van der Waals surface area (Å²) in [6.07, 6.45) is 11.8. The van der Waals surface area contributed by atoms with E-state index in [2.05, 4.69) is 10.6 Å². The monoisotopic (exact) mass is 1090 g/mol. The standard InChI is InChI=1S/C31H35ClN2O5.C30H33ClN2O5/c1-38-17-16-31(14-6-7-15-31)30(37)33-27(29(36)39-2)18-22-10-12-24(13-11-22)26-19-25(32)21-34(28(26)35)20-23-8-4-3-5-9-23;1-38-16-15-30(13-5-6-14-30)29(37)32-26(28(35)36)17-21-9-11-23(12-10-21)25-18-24(31)20-33(27(25)34)19-22-7-3-2-4-8-22/h3-5,8-13,19,21,27H,6-7,14-18,20H2,1-2H3,(H,33,37);2-4,7-12,18,20,26H,5-6,13-17,19H2,1H3,(H,32,37)(H,35,36). The lowest BCUT2D eigenvalue weighted by Gasteiger charge is -2.29. The first-order valence-electron chi connectivity index (χ1n) is 26.1. The Kier molecular flexibility index (Phi) is 20.6. The summed E-state index contributed by atoms with van der Waals surface area (Å²) in [6.45, 7) is 1.77. The van der Waals surface area contributed by atoms with E-state index in [4.69, 9.17) is 37.4 Å². The summed E-state index contributed by atoms with van der Waals surface area (Å²) in [4.78, 5) is 77.6. The highest BCUT2D eigenvalue weighted by atomic mass is 35.5. The number of carboxylic acid groups (broad SMARTS) is 1. The Bertz CT molecular complexity index is 3060. The Balaban J connectivity index is 0.000000224. The quantitative estimate of drug-likeness (QED) is 0.0553. The number of aromatic nitrogens is 2. The Morgan fingerprint density at radius 2 is 0.935 bits per heavy atom. The zero-order valence-corrected chi connectivity index (χ0v) is 45.5. The number of ether oxygens (including phenoxy) is 3. The fraction of sp³-hybridized carbons (Fsp3) is 0.377. The van der Waals surface area contributed by atoms with Crippen molar-refractivity contribution in [1.82, 2.24) is 19.8 Å². The molecule has 2 saturated carbocycles. The van der Waals surface area contributed by atoms with E-state index in [1.54, 1.807) is 72.1 Å². The molecule has 2 unspecified atom stereocenters. The maximum atomic E-state index is 13.3. The molecule has 16 heteroatoms. The van der Waals surface area contributed by atoms with Crippen molar-refractivity contribution in [2.75, 3.05) is 34.5 Å². The molecule has 406 valence electrons. The van der Waals surface area contributed by atoms with Gasteiger partial charge in [-0.2, -0.15) is 0 Å². The summed E-state index contributed by atoms with van der Waals surface area (Å²) in [5.74, 6) is -1.91. The molecule has 14 nitrogen and oxygen atoms in total. The fourth-order valence-electron chi connectivity index (χ4n) is 10.6. The second-order valence-electron chi connectivity index (χ2n) is 20.2. The van der Waals surface area contributed by atoms with Crippen LogP contribution in [0.5, 0.6) is 0 Å². The number of nitrogens with zero attached hydrogens (tertiary/aromatic N) is 2. The van der Waals surface area contributed by atoms with E-state index in [1.165, 1.54) is 7.11 Å². The number of carbonyl (C=O) groups is 4. The second-order valence-corrected chi connectivity index (χ2v) is 21.0. The molecule has 0 aliphatic heterocycles. The summed E-state index contributed by atoms with van der Waals surface area (Å²) in [5.41, 5.74) is 4.52. The van der Waals surface area contributed by atoms with Gasteiger partial charge in [-0.1, -0.05) is 158 Å². The van der Waals surface area contributed by atoms with Gasteiger partial charge in [-0.15, -0.1) is 0 Å². The van der Waals surface area contributed by atoms with Crippen molar-refractivity contribution in [3.05, 3.63) is 187 Å². The van der Waals surface area contributed by atoms with Crippen molar-refractivity contribution in [1.29, 1.82) is 0 Å². The average Bonchev–Trinajstić information content (AvgIpc) is 4.15. The number of carbonyl (C=O) groups excluding carboxylic acids is 3. The lowest BCUT2D eigenvalue weighted by molar-refractivity contribution is -0.147. The number of esters is 1. The fourth-order valence-corrected chi connectivity index (χ4v) is 11.0. The minimum Gasteiger partial charge on any atom is -0.480 e. The smallest absolute Gasteiger partial charge is 0.328 e. The van der Waals surface area contributed by atoms with E-state index in [9.17, 15) is 33.9 Å². The van der Waals surface area contributed by atoms with E-state index < -0.39 is 34.9 Å². The number of hydrogen-bond donors (Lipinski definition) is 3. The number of carboxylic acids is 1. The molecule has 0 spiro atoms. The Labute approximate surface area is 459 Å². The Hall–Kier alpha value is -6.84. The highest BCUT2D eigenvalue weighted by molar-refractivity contribution is 6.31. The zero-order chi connectivity index (χ0) is 55.0. The molecule has 0 saturated heterocycles. The van der Waals surface area contributed by atoms with E-state index >= 15 is 0 Å². The predicted molar refractivity (Wildman–Crippen MR) is 299 cm³/mol. The van der Waals surface area contributed by atoms with Gasteiger partial charge >= 0.3 is 11.9 Å². The number of pyridine rings is 2. The Morgan fingerprint density at radius 3 is 1.30 bits per heavy atom. The summed E-state index contributed by atoms with van der Waals surface area (Å²) < 4.78 is 18.6. The molecule has 8 rings (SSSR count). The molecule has 0 bridgehead atoms. The van der Waals surface area contributed by atoms with Crippen LogP contribution in [-0.4, -0.2) is 84.6 Å². The van der Waals surface area contributed by atoms with Crippen molar-refractivity contribution in [2.45, 2.75) is 102 Å². The minimum atomic E-state index is -1.08. The van der Waals surface area contributed by atoms with Crippen molar-refractivity contribution in [3.8, 4) is 22.3 Å². The van der Waals surface area contributed by atoms with Gasteiger partial charge in [0.15, 0.2) is 0 Å². The van der Waals surface area contributed by atoms with Gasteiger partial charge in [0.2, 0.25) is 11.8 Å². The maximum absolute atomic E-state index is 13.3. The number of amides is 2.